The van der Waals surface area contributed by atoms with Crippen LogP contribution in [0.1, 0.15) is 96.0 Å². The lowest BCUT2D eigenvalue weighted by atomic mass is 9.78. The predicted octanol–water partition coefficient (Wildman–Crippen LogP) is 6.45. The second-order valence-corrected chi connectivity index (χ2v) is 20.8. The van der Waals surface area contributed by atoms with Gasteiger partial charge in [-0.15, -0.1) is 11.3 Å². The van der Waals surface area contributed by atoms with Crippen LogP contribution < -0.4 is 10.7 Å². The number of piperidine rings is 1. The molecule has 6 bridgehead atoms. The van der Waals surface area contributed by atoms with Crippen molar-refractivity contribution in [2.45, 2.75) is 123 Å². The van der Waals surface area contributed by atoms with E-state index in [1.807, 2.05) is 37.1 Å². The van der Waals surface area contributed by atoms with Crippen LogP contribution in [0.4, 0.5) is 4.79 Å². The number of benzene rings is 1. The van der Waals surface area contributed by atoms with Crippen molar-refractivity contribution in [3.63, 3.8) is 0 Å². The van der Waals surface area contributed by atoms with Gasteiger partial charge in [-0.2, -0.15) is 0 Å². The topological polar surface area (TPSA) is 154 Å². The second kappa shape index (κ2) is 18.8. The molecule has 1 aromatic carbocycles. The first-order valence-corrected chi connectivity index (χ1v) is 24.3. The smallest absolute Gasteiger partial charge is 0.324 e. The number of aromatic nitrogens is 3. The van der Waals surface area contributed by atoms with Crippen LogP contribution in [0.2, 0.25) is 0 Å². The van der Waals surface area contributed by atoms with Gasteiger partial charge in [-0.1, -0.05) is 33.8 Å². The molecule has 1 spiro atoms. The van der Waals surface area contributed by atoms with E-state index in [4.69, 9.17) is 19.4 Å². The van der Waals surface area contributed by atoms with Gasteiger partial charge >= 0.3 is 12.0 Å². The maximum Gasteiger partial charge on any atom is 0.324 e. The van der Waals surface area contributed by atoms with E-state index in [1.54, 1.807) is 25.3 Å². The molecule has 3 aromatic heterocycles. The van der Waals surface area contributed by atoms with Gasteiger partial charge < -0.3 is 34.1 Å². The number of nitrogens with zero attached hydrogens (tertiary/aromatic N) is 7. The standard InChI is InChI=1S/C49H67N9O6S/c1-10-56-39-17-16-32-24-34(39)35(43(56)33-14-11-20-50-41(33)31(4)63-9)26-48(5,6)29-64-46(61)36-15-12-22-58(53-36)45(60)37(25-40-51-38(32)27-65-40)52-44(59)42(30(2)3)55(8)47(62)57-23-19-49(57)18-13-21-54(7)28-49/h11,14,16-17,20,24,27,30-31,36-37,42,53H,10,12-13,15,18-19,21-23,25-26,28-29H2,1-9H3,(H,52,59)/t31-,36-,37-,42-,49+/m0/s1. The number of thiazole rings is 1. The van der Waals surface area contributed by atoms with Gasteiger partial charge in [0.2, 0.25) is 5.91 Å². The number of urea groups is 1. The van der Waals surface area contributed by atoms with Gasteiger partial charge in [0.15, 0.2) is 0 Å². The molecule has 4 aliphatic heterocycles. The van der Waals surface area contributed by atoms with Crippen molar-refractivity contribution in [3.8, 4) is 22.5 Å². The zero-order chi connectivity index (χ0) is 46.4. The molecule has 2 N–H and O–H groups in total. The summed E-state index contributed by atoms with van der Waals surface area (Å²) in [5.41, 5.74) is 9.22. The highest BCUT2D eigenvalue weighted by atomic mass is 32.1. The minimum Gasteiger partial charge on any atom is -0.464 e. The third-order valence-electron chi connectivity index (χ3n) is 14.1. The van der Waals surface area contributed by atoms with Crippen molar-refractivity contribution >= 4 is 46.1 Å². The fourth-order valence-corrected chi connectivity index (χ4v) is 11.5. The lowest BCUT2D eigenvalue weighted by molar-refractivity contribution is -0.155. The summed E-state index contributed by atoms with van der Waals surface area (Å²) in [6.07, 6.45) is 6.23. The highest BCUT2D eigenvalue weighted by molar-refractivity contribution is 7.10. The number of esters is 1. The number of likely N-dealkylation sites (tertiary alicyclic amines) is 2. The molecule has 0 unspecified atom stereocenters. The maximum absolute atomic E-state index is 14.7. The summed E-state index contributed by atoms with van der Waals surface area (Å²) in [7, 11) is 5.49. The van der Waals surface area contributed by atoms with Crippen molar-refractivity contribution in [2.75, 3.05) is 54.0 Å². The molecule has 3 fully saturated rings. The largest absolute Gasteiger partial charge is 0.464 e. The lowest BCUT2D eigenvalue weighted by Crippen LogP contribution is -2.71. The highest BCUT2D eigenvalue weighted by Crippen LogP contribution is 2.43. The molecule has 0 radical (unpaired) electrons. The molecule has 65 heavy (non-hydrogen) atoms. The van der Waals surface area contributed by atoms with Gasteiger partial charge in [0.05, 0.1) is 40.3 Å². The molecule has 4 aromatic rings. The molecule has 5 atom stereocenters. The Morgan fingerprint density at radius 2 is 1.91 bits per heavy atom. The Balaban J connectivity index is 1.16. The monoisotopic (exact) mass is 909 g/mol. The fourth-order valence-electron chi connectivity index (χ4n) is 10.7. The number of rotatable bonds is 8. The number of nitrogens with one attached hydrogen (secondary N) is 2. The summed E-state index contributed by atoms with van der Waals surface area (Å²) in [4.78, 5) is 73.1. The van der Waals surface area contributed by atoms with E-state index in [-0.39, 0.29) is 42.5 Å². The van der Waals surface area contributed by atoms with E-state index in [0.29, 0.717) is 43.9 Å². The Morgan fingerprint density at radius 1 is 1.11 bits per heavy atom. The zero-order valence-electron chi connectivity index (χ0n) is 39.6. The van der Waals surface area contributed by atoms with Crippen LogP contribution in [-0.2, 0) is 43.2 Å². The third kappa shape index (κ3) is 9.15. The van der Waals surface area contributed by atoms with E-state index in [1.165, 1.54) is 16.3 Å². The Kier molecular flexibility index (Phi) is 13.5. The van der Waals surface area contributed by atoms with Crippen molar-refractivity contribution in [3.05, 3.63) is 58.2 Å². The number of fused-ring (bicyclic) bond motifs is 6. The first kappa shape index (κ1) is 46.6. The number of hydrazine groups is 1. The number of likely N-dealkylation sites (N-methyl/N-ethyl adjacent to an activating group) is 2. The number of carbonyl (C=O) groups excluding carboxylic acids is 4. The minimum atomic E-state index is -1.04. The molecule has 0 saturated carbocycles. The van der Waals surface area contributed by atoms with Crippen LogP contribution in [0, 0.1) is 11.3 Å². The van der Waals surface area contributed by atoms with E-state index in [0.717, 1.165) is 77.0 Å². The number of methoxy groups -OCH3 is 1. The van der Waals surface area contributed by atoms with Crippen molar-refractivity contribution in [1.82, 2.24) is 45.0 Å². The summed E-state index contributed by atoms with van der Waals surface area (Å²) in [6, 6.07) is 7.69. The van der Waals surface area contributed by atoms with Crippen molar-refractivity contribution < 1.29 is 28.7 Å². The van der Waals surface area contributed by atoms with Gasteiger partial charge in [0.1, 0.15) is 18.1 Å². The molecule has 0 aliphatic carbocycles. The number of aryl methyl sites for hydroxylation is 1. The van der Waals surface area contributed by atoms with Gasteiger partial charge in [-0.3, -0.25) is 24.4 Å². The van der Waals surface area contributed by atoms with E-state index in [9.17, 15) is 19.2 Å². The third-order valence-corrected chi connectivity index (χ3v) is 15.0. The number of hydrogen-bond acceptors (Lipinski definition) is 11. The minimum absolute atomic E-state index is 0.117. The fraction of sp³-hybridized carbons (Fsp3) is 0.592. The highest BCUT2D eigenvalue weighted by Gasteiger charge is 2.51. The number of pyridine rings is 1. The van der Waals surface area contributed by atoms with Crippen LogP contribution in [0.5, 0.6) is 0 Å². The number of cyclic esters (lactones) is 1. The zero-order valence-corrected chi connectivity index (χ0v) is 40.4. The second-order valence-electron chi connectivity index (χ2n) is 19.8. The number of amides is 4. The Morgan fingerprint density at radius 3 is 2.62 bits per heavy atom. The number of ether oxygens (including phenoxy) is 2. The normalized spacial score (nSPS) is 23.8. The Labute approximate surface area is 387 Å². The Hall–Kier alpha value is -4.90. The molecule has 350 valence electrons. The molecule has 4 amide bonds. The van der Waals surface area contributed by atoms with E-state index < -0.39 is 35.4 Å². The summed E-state index contributed by atoms with van der Waals surface area (Å²) in [6.45, 7) is 15.9. The average Bonchev–Trinajstić information content (AvgIpc) is 3.88. The number of hydrogen-bond donors (Lipinski definition) is 2. The molecule has 7 heterocycles. The summed E-state index contributed by atoms with van der Waals surface area (Å²) in [5.74, 6) is -1.47. The van der Waals surface area contributed by atoms with Crippen LogP contribution in [0.25, 0.3) is 33.4 Å². The van der Waals surface area contributed by atoms with Crippen LogP contribution >= 0.6 is 11.3 Å². The molecular weight excluding hydrogens is 843 g/mol. The molecule has 3 saturated heterocycles. The summed E-state index contributed by atoms with van der Waals surface area (Å²) >= 11 is 1.44. The SMILES string of the molecule is CCn1c(-c2cccnc2[C@H](C)OC)c2c3cc(ccc31)-c1csc(n1)C[C@H](NC(=O)[C@H](C(C)C)N(C)C(=O)N1CC[C@@]13CCCN(C)C3)C(=O)N1CCC[C@H](N1)C(=O)OCC(C)(C)C2. The number of carbonyl (C=O) groups is 4. The van der Waals surface area contributed by atoms with Crippen LogP contribution in [0.15, 0.2) is 41.9 Å². The first-order chi connectivity index (χ1) is 31.0. The van der Waals surface area contributed by atoms with Gasteiger partial charge in [0, 0.05) is 85.8 Å². The maximum atomic E-state index is 14.7. The molecule has 16 heteroatoms. The molecule has 8 rings (SSSR count). The van der Waals surface area contributed by atoms with Crippen molar-refractivity contribution in [1.29, 1.82) is 0 Å². The molecule has 15 nitrogen and oxygen atoms in total. The predicted molar refractivity (Wildman–Crippen MR) is 252 cm³/mol. The quantitative estimate of drug-likeness (QED) is 0.189. The summed E-state index contributed by atoms with van der Waals surface area (Å²) in [5, 5.41) is 8.29. The van der Waals surface area contributed by atoms with Gasteiger partial charge in [0.25, 0.3) is 5.91 Å². The van der Waals surface area contributed by atoms with Gasteiger partial charge in [-0.25, -0.2) is 15.2 Å². The molecular formula is C49H67N9O6S. The van der Waals surface area contributed by atoms with Crippen LogP contribution in [-0.4, -0.2) is 136 Å². The lowest BCUT2D eigenvalue weighted by Gasteiger charge is -2.57. The average molecular weight is 910 g/mol. The first-order valence-electron chi connectivity index (χ1n) is 23.4. The molecule has 4 aliphatic rings. The van der Waals surface area contributed by atoms with E-state index in [2.05, 4.69) is 72.3 Å². The summed E-state index contributed by atoms with van der Waals surface area (Å²) < 4.78 is 14.3. The van der Waals surface area contributed by atoms with E-state index >= 15 is 0 Å². The van der Waals surface area contributed by atoms with Gasteiger partial charge in [-0.05, 0) is 102 Å². The van der Waals surface area contributed by atoms with Crippen LogP contribution in [0.3, 0.4) is 0 Å². The van der Waals surface area contributed by atoms with Crippen molar-refractivity contribution in [2.24, 2.45) is 11.3 Å². The Bertz CT molecular complexity index is 2430.